The third-order valence-corrected chi connectivity index (χ3v) is 6.09. The molecule has 1 atom stereocenters. The number of carboxylic acid groups (broad SMARTS) is 1. The van der Waals surface area contributed by atoms with Gasteiger partial charge in [0.15, 0.2) is 0 Å². The summed E-state index contributed by atoms with van der Waals surface area (Å²) in [6.45, 7) is 1.88. The third-order valence-electron chi connectivity index (χ3n) is 4.37. The molecule has 0 bridgehead atoms. The molecule has 0 spiro atoms. The fourth-order valence-electron chi connectivity index (χ4n) is 2.88. The number of rotatable bonds is 8. The summed E-state index contributed by atoms with van der Waals surface area (Å²) in [7, 11) is -4.06. The Hall–Kier alpha value is -2.99. The predicted octanol–water partition coefficient (Wildman–Crippen LogP) is 3.20. The van der Waals surface area contributed by atoms with Gasteiger partial charge >= 0.3 is 5.97 Å². The van der Waals surface area contributed by atoms with Crippen molar-refractivity contribution in [3.63, 3.8) is 0 Å². The Labute approximate surface area is 179 Å². The van der Waals surface area contributed by atoms with E-state index in [1.807, 2.05) is 0 Å². The van der Waals surface area contributed by atoms with Crippen LogP contribution in [-0.2, 0) is 21.2 Å². The number of hydrogen-bond acceptors (Lipinski definition) is 4. The van der Waals surface area contributed by atoms with Crippen LogP contribution in [0.2, 0.25) is 5.02 Å². The van der Waals surface area contributed by atoms with E-state index in [1.54, 1.807) is 31.3 Å². The Morgan fingerprint density at radius 2 is 2.00 bits per heavy atom. The van der Waals surface area contributed by atoms with Crippen molar-refractivity contribution in [1.29, 1.82) is 0 Å². The number of H-pyrrole nitrogens is 1. The largest absolute Gasteiger partial charge is 0.481 e. The van der Waals surface area contributed by atoms with Crippen molar-refractivity contribution < 1.29 is 23.1 Å². The summed E-state index contributed by atoms with van der Waals surface area (Å²) in [5.74, 6) is 4.61. The van der Waals surface area contributed by atoms with E-state index in [0.29, 0.717) is 16.3 Å². The van der Waals surface area contributed by atoms with E-state index >= 15 is 0 Å². The molecule has 2 aromatic carbocycles. The minimum Gasteiger partial charge on any atom is -0.481 e. The van der Waals surface area contributed by atoms with Crippen molar-refractivity contribution in [3.8, 4) is 17.6 Å². The van der Waals surface area contributed by atoms with Crippen molar-refractivity contribution in [1.82, 2.24) is 9.71 Å². The number of carbonyl (C=O) groups is 1. The summed E-state index contributed by atoms with van der Waals surface area (Å²) in [6.07, 6.45) is 1.60. The van der Waals surface area contributed by atoms with Crippen LogP contribution >= 0.6 is 11.6 Å². The molecule has 30 heavy (non-hydrogen) atoms. The van der Waals surface area contributed by atoms with Gasteiger partial charge in [-0.3, -0.25) is 4.79 Å². The molecule has 7 nitrogen and oxygen atoms in total. The fourth-order valence-corrected chi connectivity index (χ4v) is 4.24. The van der Waals surface area contributed by atoms with Crippen LogP contribution in [0.1, 0.15) is 12.5 Å². The second-order valence-electron chi connectivity index (χ2n) is 6.41. The summed E-state index contributed by atoms with van der Waals surface area (Å²) in [4.78, 5) is 14.7. The van der Waals surface area contributed by atoms with E-state index in [2.05, 4.69) is 21.5 Å². The molecule has 0 aliphatic heterocycles. The van der Waals surface area contributed by atoms with Gasteiger partial charge in [0.1, 0.15) is 18.4 Å². The highest BCUT2D eigenvalue weighted by Gasteiger charge is 2.26. The van der Waals surface area contributed by atoms with Gasteiger partial charge in [-0.2, -0.15) is 4.72 Å². The van der Waals surface area contributed by atoms with Crippen LogP contribution in [0.5, 0.6) is 5.75 Å². The monoisotopic (exact) mass is 446 g/mol. The number of hydrogen-bond donors (Lipinski definition) is 3. The average molecular weight is 447 g/mol. The van der Waals surface area contributed by atoms with Gasteiger partial charge in [-0.25, -0.2) is 8.42 Å². The molecule has 1 heterocycles. The highest BCUT2D eigenvalue weighted by atomic mass is 35.5. The summed E-state index contributed by atoms with van der Waals surface area (Å²) in [5, 5.41) is 10.8. The molecule has 0 aliphatic rings. The molecular formula is C21H19ClN2O5S. The predicted molar refractivity (Wildman–Crippen MR) is 114 cm³/mol. The lowest BCUT2D eigenvalue weighted by molar-refractivity contribution is -0.138. The summed E-state index contributed by atoms with van der Waals surface area (Å²) >= 11 is 6.03. The molecule has 0 aliphatic carbocycles. The van der Waals surface area contributed by atoms with E-state index in [9.17, 15) is 18.3 Å². The summed E-state index contributed by atoms with van der Waals surface area (Å²) < 4.78 is 33.0. The lowest BCUT2D eigenvalue weighted by atomic mass is 10.1. The maximum atomic E-state index is 12.7. The third kappa shape index (κ3) is 5.13. The first-order valence-corrected chi connectivity index (χ1v) is 10.8. The maximum absolute atomic E-state index is 12.7. The zero-order valence-electron chi connectivity index (χ0n) is 16.0. The van der Waals surface area contributed by atoms with Crippen molar-refractivity contribution in [2.75, 3.05) is 6.61 Å². The van der Waals surface area contributed by atoms with Crippen LogP contribution < -0.4 is 9.46 Å². The second kappa shape index (κ2) is 9.22. The maximum Gasteiger partial charge on any atom is 0.322 e. The standard InChI is InChI=1S/C21H19ClN2O5S/c1-2-3-10-29-16-5-7-17(8-6-16)30(27,28)24-20(21(25)26)11-14-13-23-19-9-4-15(22)12-18(14)19/h4-9,12-13,20,23-24H,10-11H2,1H3,(H,25,26). The number of aromatic nitrogens is 1. The van der Waals surface area contributed by atoms with Gasteiger partial charge in [-0.1, -0.05) is 17.5 Å². The quantitative estimate of drug-likeness (QED) is 0.460. The number of fused-ring (bicyclic) bond motifs is 1. The molecule has 0 saturated heterocycles. The molecule has 3 N–H and O–H groups in total. The lowest BCUT2D eigenvalue weighted by Gasteiger charge is -2.15. The van der Waals surface area contributed by atoms with Crippen LogP contribution in [0, 0.1) is 11.8 Å². The van der Waals surface area contributed by atoms with Gasteiger partial charge in [0.2, 0.25) is 10.0 Å². The first-order valence-electron chi connectivity index (χ1n) is 8.93. The van der Waals surface area contributed by atoms with Crippen LogP contribution in [0.15, 0.2) is 53.6 Å². The first-order chi connectivity index (χ1) is 14.3. The van der Waals surface area contributed by atoms with Gasteiger partial charge in [0.05, 0.1) is 4.90 Å². The van der Waals surface area contributed by atoms with E-state index in [4.69, 9.17) is 16.3 Å². The fraction of sp³-hybridized carbons (Fsp3) is 0.190. The molecule has 0 radical (unpaired) electrons. The van der Waals surface area contributed by atoms with Crippen molar-refractivity contribution in [2.24, 2.45) is 0 Å². The SMILES string of the molecule is CC#CCOc1ccc(S(=O)(=O)NC(Cc2c[nH]c3ccc(Cl)cc23)C(=O)O)cc1. The molecular weight excluding hydrogens is 428 g/mol. The number of halogens is 1. The highest BCUT2D eigenvalue weighted by molar-refractivity contribution is 7.89. The van der Waals surface area contributed by atoms with Gasteiger partial charge in [0.25, 0.3) is 0 Å². The number of nitrogens with one attached hydrogen (secondary N) is 2. The van der Waals surface area contributed by atoms with Crippen LogP contribution in [0.3, 0.4) is 0 Å². The van der Waals surface area contributed by atoms with Gasteiger partial charge in [0, 0.05) is 28.5 Å². The average Bonchev–Trinajstić information content (AvgIpc) is 3.10. The number of aliphatic carboxylic acids is 1. The van der Waals surface area contributed by atoms with E-state index in [1.165, 1.54) is 24.3 Å². The Kier molecular flexibility index (Phi) is 6.67. The highest BCUT2D eigenvalue weighted by Crippen LogP contribution is 2.24. The summed E-state index contributed by atoms with van der Waals surface area (Å²) in [5.41, 5.74) is 1.42. The van der Waals surface area contributed by atoms with E-state index in [0.717, 1.165) is 10.9 Å². The van der Waals surface area contributed by atoms with Gasteiger partial charge in [-0.15, -0.1) is 5.92 Å². The normalized spacial score (nSPS) is 12.2. The number of aromatic amines is 1. The smallest absolute Gasteiger partial charge is 0.322 e. The van der Waals surface area contributed by atoms with E-state index in [-0.39, 0.29) is 17.9 Å². The Bertz CT molecular complexity index is 1220. The summed E-state index contributed by atoms with van der Waals surface area (Å²) in [6, 6.07) is 9.51. The van der Waals surface area contributed by atoms with Crippen LogP contribution in [-0.4, -0.2) is 37.1 Å². The molecule has 1 aromatic heterocycles. The molecule has 0 fully saturated rings. The Morgan fingerprint density at radius 3 is 2.67 bits per heavy atom. The second-order valence-corrected chi connectivity index (χ2v) is 8.56. The molecule has 0 saturated carbocycles. The molecule has 1 unspecified atom stereocenters. The van der Waals surface area contributed by atoms with Gasteiger partial charge in [-0.05, 0) is 55.0 Å². The minimum absolute atomic E-state index is 0.0498. The topological polar surface area (TPSA) is 108 Å². The van der Waals surface area contributed by atoms with Crippen LogP contribution in [0.25, 0.3) is 10.9 Å². The van der Waals surface area contributed by atoms with Crippen LogP contribution in [0.4, 0.5) is 0 Å². The first kappa shape index (κ1) is 21.7. The minimum atomic E-state index is -4.06. The number of sulfonamides is 1. The molecule has 156 valence electrons. The molecule has 3 aromatic rings. The number of ether oxygens (including phenoxy) is 1. The lowest BCUT2D eigenvalue weighted by Crippen LogP contribution is -2.42. The molecule has 9 heteroatoms. The van der Waals surface area contributed by atoms with Crippen molar-refractivity contribution in [3.05, 3.63) is 59.2 Å². The van der Waals surface area contributed by atoms with Crippen molar-refractivity contribution in [2.45, 2.75) is 24.3 Å². The Morgan fingerprint density at radius 1 is 1.27 bits per heavy atom. The number of benzene rings is 2. The molecule has 3 rings (SSSR count). The number of carboxylic acids is 1. The Balaban J connectivity index is 1.78. The zero-order valence-corrected chi connectivity index (χ0v) is 17.5. The van der Waals surface area contributed by atoms with E-state index < -0.39 is 22.0 Å². The van der Waals surface area contributed by atoms with Gasteiger partial charge < -0.3 is 14.8 Å². The molecule has 0 amide bonds. The zero-order chi connectivity index (χ0) is 21.7. The van der Waals surface area contributed by atoms with Crippen molar-refractivity contribution >= 4 is 38.5 Å².